The molecular formula is C27H55FOY. The van der Waals surface area contributed by atoms with Crippen LogP contribution in [0, 0.1) is 31.6 Å². The van der Waals surface area contributed by atoms with Gasteiger partial charge in [-0.15, -0.1) is 0 Å². The van der Waals surface area contributed by atoms with E-state index in [0.29, 0.717) is 17.6 Å². The number of alkyl halides is 1. The first-order valence-electron chi connectivity index (χ1n) is 9.44. The molecule has 0 unspecified atom stereocenters. The molecule has 2 saturated carbocycles. The number of rotatable bonds is 3. The molecule has 0 aromatic heterocycles. The fourth-order valence-corrected chi connectivity index (χ4v) is 4.96. The zero-order chi connectivity index (χ0) is 16.4. The fourth-order valence-electron chi connectivity index (χ4n) is 4.96. The van der Waals surface area contributed by atoms with Gasteiger partial charge in [-0.25, -0.2) is 0 Å². The molecule has 0 atom stereocenters. The van der Waals surface area contributed by atoms with Crippen LogP contribution in [0.2, 0.25) is 0 Å². The molecule has 30 heavy (non-hydrogen) atoms. The first-order valence-corrected chi connectivity index (χ1v) is 9.44. The quantitative estimate of drug-likeness (QED) is 0.435. The van der Waals surface area contributed by atoms with Crippen LogP contribution in [0.5, 0.6) is 5.75 Å². The Morgan fingerprint density at radius 3 is 1.47 bits per heavy atom. The van der Waals surface area contributed by atoms with Crippen LogP contribution >= 0.6 is 0 Å². The van der Waals surface area contributed by atoms with Crippen molar-refractivity contribution in [2.24, 2.45) is 17.8 Å². The molecule has 2 aliphatic rings. The first kappa shape index (κ1) is 40.4. The molecule has 1 nitrogen and oxygen atoms in total. The van der Waals surface area contributed by atoms with Gasteiger partial charge in [0.1, 0.15) is 5.75 Å². The Morgan fingerprint density at radius 2 is 1.10 bits per heavy atom. The molecule has 2 fully saturated rings. The molecule has 3 heteroatoms. The second kappa shape index (κ2) is 18.6. The molecule has 179 valence electrons. The molecule has 0 aliphatic heterocycles. The zero-order valence-corrected chi connectivity index (χ0v) is 18.1. The smallest absolute Gasteiger partial charge is 0.121 e. The van der Waals surface area contributed by atoms with E-state index in [1.54, 1.807) is 0 Å². The van der Waals surface area contributed by atoms with Crippen molar-refractivity contribution in [3.05, 3.63) is 28.8 Å². The minimum atomic E-state index is -0.112. The summed E-state index contributed by atoms with van der Waals surface area (Å²) in [5.41, 5.74) is 3.43. The van der Waals surface area contributed by atoms with Gasteiger partial charge < -0.3 is 5.11 Å². The van der Waals surface area contributed by atoms with Gasteiger partial charge in [0.05, 0.1) is 6.67 Å². The van der Waals surface area contributed by atoms with Crippen molar-refractivity contribution in [1.29, 1.82) is 0 Å². The maximum atomic E-state index is 12.8. The number of halogens is 1. The summed E-state index contributed by atoms with van der Waals surface area (Å²) in [7, 11) is 0. The second-order valence-corrected chi connectivity index (χ2v) is 8.05. The first-order chi connectivity index (χ1) is 11.1. The Hall–Kier alpha value is 0.0539. The van der Waals surface area contributed by atoms with Gasteiger partial charge >= 0.3 is 0 Å². The van der Waals surface area contributed by atoms with E-state index in [1.165, 1.54) is 44.1 Å². The topological polar surface area (TPSA) is 20.2 Å². The summed E-state index contributed by atoms with van der Waals surface area (Å²) in [5, 5.41) is 9.96. The van der Waals surface area contributed by atoms with Crippen molar-refractivity contribution < 1.29 is 42.2 Å². The molecule has 3 rings (SSSR count). The van der Waals surface area contributed by atoms with E-state index in [1.807, 2.05) is 13.8 Å². The van der Waals surface area contributed by atoms with Gasteiger partial charge in [-0.3, -0.25) is 4.39 Å². The van der Waals surface area contributed by atoms with Crippen molar-refractivity contribution >= 4 is 0 Å². The van der Waals surface area contributed by atoms with Crippen LogP contribution in [0.3, 0.4) is 0 Å². The minimum Gasteiger partial charge on any atom is -0.507 e. The Labute approximate surface area is 215 Å². The standard InChI is InChI=1S/C21H31FO.6CH4.Y/c1-14-11-20(12-15(2)21(14)23)19-9-7-18(8-10-19)17-5-3-16(13-22)4-6-17;;;;;;;/h11-12,16-19,23H,3-10,13H2,1-2H3;6*1H4;. The monoisotopic (exact) mass is 503 g/mol. The number of hydrogen-bond acceptors (Lipinski definition) is 1. The normalized spacial score (nSPS) is 24.5. The third kappa shape index (κ3) is 9.68. The number of phenols is 1. The van der Waals surface area contributed by atoms with E-state index in [-0.39, 0.29) is 83.9 Å². The van der Waals surface area contributed by atoms with Gasteiger partial charge in [-0.05, 0) is 106 Å². The number of phenolic OH excluding ortho intramolecular Hbond substituents is 1. The molecule has 1 N–H and O–H groups in total. The molecular weight excluding hydrogens is 448 g/mol. The molecule has 0 amide bonds. The van der Waals surface area contributed by atoms with E-state index in [4.69, 9.17) is 0 Å². The van der Waals surface area contributed by atoms with Gasteiger partial charge in [0, 0.05) is 32.7 Å². The zero-order valence-electron chi connectivity index (χ0n) is 15.2. The predicted octanol–water partition coefficient (Wildman–Crippen LogP) is 9.87. The van der Waals surface area contributed by atoms with Crippen molar-refractivity contribution in [3.8, 4) is 5.75 Å². The van der Waals surface area contributed by atoms with Gasteiger partial charge in [-0.2, -0.15) is 0 Å². The summed E-state index contributed by atoms with van der Waals surface area (Å²) in [6, 6.07) is 4.36. The molecule has 0 saturated heterocycles. The van der Waals surface area contributed by atoms with Crippen LogP contribution in [0.25, 0.3) is 0 Å². The van der Waals surface area contributed by atoms with E-state index < -0.39 is 0 Å². The van der Waals surface area contributed by atoms with E-state index >= 15 is 0 Å². The van der Waals surface area contributed by atoms with Crippen molar-refractivity contribution in [1.82, 2.24) is 0 Å². The summed E-state index contributed by atoms with van der Waals surface area (Å²) in [5.74, 6) is 3.18. The molecule has 2 aliphatic carbocycles. The Kier molecular flexibility index (Phi) is 25.1. The molecule has 1 aromatic rings. The summed E-state index contributed by atoms with van der Waals surface area (Å²) >= 11 is 0. The average molecular weight is 504 g/mol. The van der Waals surface area contributed by atoms with Gasteiger partial charge in [0.2, 0.25) is 0 Å². The largest absolute Gasteiger partial charge is 0.507 e. The Bertz CT molecular complexity index is 507. The van der Waals surface area contributed by atoms with E-state index in [0.717, 1.165) is 35.8 Å². The van der Waals surface area contributed by atoms with Crippen LogP contribution in [0.4, 0.5) is 4.39 Å². The van der Waals surface area contributed by atoms with Gasteiger partial charge in [0.15, 0.2) is 0 Å². The summed E-state index contributed by atoms with van der Waals surface area (Å²) in [4.78, 5) is 0. The maximum Gasteiger partial charge on any atom is 0.121 e. The maximum absolute atomic E-state index is 12.8. The van der Waals surface area contributed by atoms with Crippen molar-refractivity contribution in [3.63, 3.8) is 0 Å². The van der Waals surface area contributed by atoms with Crippen molar-refractivity contribution in [2.45, 2.75) is 116 Å². The van der Waals surface area contributed by atoms with E-state index in [9.17, 15) is 9.50 Å². The minimum absolute atomic E-state index is 0. The molecule has 1 aromatic carbocycles. The third-order valence-corrected chi connectivity index (χ3v) is 6.53. The predicted molar refractivity (Wildman–Crippen MR) is 134 cm³/mol. The summed E-state index contributed by atoms with van der Waals surface area (Å²) in [6.45, 7) is 3.89. The molecule has 0 heterocycles. The molecule has 1 radical (unpaired) electrons. The third-order valence-electron chi connectivity index (χ3n) is 6.53. The summed E-state index contributed by atoms with van der Waals surface area (Å²) in [6.07, 6.45) is 9.93. The fraction of sp³-hybridized carbons (Fsp3) is 0.778. The number of benzene rings is 1. The van der Waals surface area contributed by atoms with Crippen LogP contribution in [-0.2, 0) is 32.7 Å². The molecule has 0 spiro atoms. The van der Waals surface area contributed by atoms with Crippen LogP contribution in [-0.4, -0.2) is 11.8 Å². The van der Waals surface area contributed by atoms with E-state index in [2.05, 4.69) is 12.1 Å². The summed E-state index contributed by atoms with van der Waals surface area (Å²) < 4.78 is 12.8. The second-order valence-electron chi connectivity index (χ2n) is 8.05. The Balaban J connectivity index is -0.000000298. The number of aromatic hydroxyl groups is 1. The molecule has 0 bridgehead atoms. The average Bonchev–Trinajstić information content (AvgIpc) is 2.59. The van der Waals surface area contributed by atoms with Crippen LogP contribution < -0.4 is 0 Å². The van der Waals surface area contributed by atoms with Crippen LogP contribution in [0.15, 0.2) is 12.1 Å². The SMILES string of the molecule is C.C.C.C.C.C.Cc1cc(C2CCC(C3CCC(CF)CC3)CC2)cc(C)c1O.[Y]. The van der Waals surface area contributed by atoms with Gasteiger partial charge in [0.25, 0.3) is 0 Å². The van der Waals surface area contributed by atoms with Crippen molar-refractivity contribution in [2.75, 3.05) is 6.67 Å². The Morgan fingerprint density at radius 1 is 0.733 bits per heavy atom. The number of aryl methyl sites for hydroxylation is 2. The number of hydrogen-bond donors (Lipinski definition) is 1. The van der Waals surface area contributed by atoms with Crippen LogP contribution in [0.1, 0.15) is 119 Å². The van der Waals surface area contributed by atoms with Gasteiger partial charge in [-0.1, -0.05) is 56.7 Å².